The number of hydrogen-bond acceptors (Lipinski definition) is 2. The molecule has 0 saturated carbocycles. The Labute approximate surface area is 65.6 Å². The molecular weight excluding hydrogens is 227 g/mol. The number of nitrogens with zero attached hydrogens (tertiary/aromatic N) is 2. The molecule has 1 aliphatic heterocycles. The van der Waals surface area contributed by atoms with Crippen LogP contribution in [0.25, 0.3) is 0 Å². The van der Waals surface area contributed by atoms with Crippen molar-refractivity contribution in [3.8, 4) is 0 Å². The summed E-state index contributed by atoms with van der Waals surface area (Å²) < 4.78 is 8.26. The first-order valence-electron chi connectivity index (χ1n) is 2.88. The third-order valence-electron chi connectivity index (χ3n) is 1.15. The van der Waals surface area contributed by atoms with Crippen LogP contribution < -0.4 is 0 Å². The van der Waals surface area contributed by atoms with Crippen molar-refractivity contribution in [1.29, 1.82) is 0 Å². The molecular formula is C6H9IN2. The summed E-state index contributed by atoms with van der Waals surface area (Å²) in [7, 11) is 0. The van der Waals surface area contributed by atoms with E-state index in [4.69, 9.17) is 0 Å². The van der Waals surface area contributed by atoms with Crippen LogP contribution in [0.3, 0.4) is 0 Å². The summed E-state index contributed by atoms with van der Waals surface area (Å²) in [4.78, 5) is 0. The molecule has 0 aromatic rings. The molecule has 0 spiro atoms. The van der Waals surface area contributed by atoms with Crippen LogP contribution in [0, 0.1) is 5.92 Å². The molecule has 0 unspecified atom stereocenters. The minimum atomic E-state index is -0.220. The molecule has 0 radical (unpaired) electrons. The highest BCUT2D eigenvalue weighted by atomic mass is 127. The summed E-state index contributed by atoms with van der Waals surface area (Å²) >= 11 is -0.220. The Morgan fingerprint density at radius 2 is 2.33 bits per heavy atom. The van der Waals surface area contributed by atoms with Crippen molar-refractivity contribution < 1.29 is 0 Å². The van der Waals surface area contributed by atoms with Crippen LogP contribution in [0.2, 0.25) is 0 Å². The molecule has 9 heavy (non-hydrogen) atoms. The molecule has 0 amide bonds. The molecule has 0 atom stereocenters. The van der Waals surface area contributed by atoms with Gasteiger partial charge in [-0.25, -0.2) is 6.35 Å². The van der Waals surface area contributed by atoms with Crippen LogP contribution >= 0.6 is 21.3 Å². The molecule has 0 bridgehead atoms. The zero-order chi connectivity index (χ0) is 6.69. The van der Waals surface area contributed by atoms with Crippen LogP contribution in [0.5, 0.6) is 0 Å². The van der Waals surface area contributed by atoms with Crippen molar-refractivity contribution in [2.75, 3.05) is 0 Å². The largest absolute Gasteiger partial charge is 0.212 e. The molecule has 2 nitrogen and oxygen atoms in total. The molecule has 0 saturated heterocycles. The molecule has 50 valence electrons. The van der Waals surface area contributed by atoms with E-state index in [1.54, 1.807) is 0 Å². The summed E-state index contributed by atoms with van der Waals surface area (Å²) in [6.45, 7) is 4.30. The Balaban J connectivity index is 2.72. The zero-order valence-corrected chi connectivity index (χ0v) is 7.66. The molecule has 0 aromatic carbocycles. The Hall–Kier alpha value is -0.0600. The van der Waals surface area contributed by atoms with E-state index in [0.29, 0.717) is 5.92 Å². The van der Waals surface area contributed by atoms with Gasteiger partial charge in [0, 0.05) is 12.4 Å². The lowest BCUT2D eigenvalue weighted by Crippen LogP contribution is -1.94. The average molecular weight is 236 g/mol. The van der Waals surface area contributed by atoms with Crippen molar-refractivity contribution in [3.05, 3.63) is 11.8 Å². The summed E-state index contributed by atoms with van der Waals surface area (Å²) in [6, 6.07) is 0. The first kappa shape index (κ1) is 7.05. The van der Waals surface area contributed by atoms with Gasteiger partial charge in [-0.05, 0) is 11.5 Å². The van der Waals surface area contributed by atoms with Gasteiger partial charge in [-0.2, -0.15) is 0 Å². The summed E-state index contributed by atoms with van der Waals surface area (Å²) in [5.41, 5.74) is 1.25. The van der Waals surface area contributed by atoms with Crippen LogP contribution in [-0.4, -0.2) is 6.21 Å². The van der Waals surface area contributed by atoms with E-state index in [1.165, 1.54) is 5.57 Å². The third kappa shape index (κ3) is 1.97. The first-order valence-corrected chi connectivity index (χ1v) is 4.80. The number of hydrogen-bond donors (Lipinski definition) is 0. The Morgan fingerprint density at radius 1 is 1.56 bits per heavy atom. The molecule has 0 aromatic heterocycles. The third-order valence-corrected chi connectivity index (χ3v) is 2.21. The van der Waals surface area contributed by atoms with Crippen molar-refractivity contribution >= 4 is 27.5 Å². The highest BCUT2D eigenvalue weighted by Gasteiger charge is 1.99. The maximum Gasteiger partial charge on any atom is 0.142 e. The monoisotopic (exact) mass is 236 g/mol. The van der Waals surface area contributed by atoms with Gasteiger partial charge in [-0.1, -0.05) is 13.8 Å². The normalized spacial score (nSPS) is 17.4. The fourth-order valence-corrected chi connectivity index (χ4v) is 1.55. The average Bonchev–Trinajstić information content (AvgIpc) is 1.90. The standard InChI is InChI=1S/C6H9IN2/c1-5(2)6-3-8-7-9-4-6/h3-5H,1-2H3. The predicted octanol–water partition coefficient (Wildman–Crippen LogP) is 2.68. The van der Waals surface area contributed by atoms with E-state index in [-0.39, 0.29) is 21.3 Å². The van der Waals surface area contributed by atoms with Crippen molar-refractivity contribution in [3.63, 3.8) is 0 Å². The fraction of sp³-hybridized carbons (Fsp3) is 0.500. The lowest BCUT2D eigenvalue weighted by atomic mass is 10.1. The van der Waals surface area contributed by atoms with Gasteiger partial charge in [-0.3, -0.25) is 0 Å². The second-order valence-corrected chi connectivity index (χ2v) is 3.73. The van der Waals surface area contributed by atoms with Gasteiger partial charge in [0.15, 0.2) is 0 Å². The van der Waals surface area contributed by atoms with Gasteiger partial charge in [0.25, 0.3) is 0 Å². The maximum absolute atomic E-state index is 4.13. The quantitative estimate of drug-likeness (QED) is 0.625. The lowest BCUT2D eigenvalue weighted by molar-refractivity contribution is 0.804. The number of rotatable bonds is 1. The Morgan fingerprint density at radius 3 is 2.67 bits per heavy atom. The molecule has 1 aliphatic rings. The topological polar surface area (TPSA) is 24.7 Å². The number of halogens is 1. The van der Waals surface area contributed by atoms with Crippen LogP contribution in [0.1, 0.15) is 13.8 Å². The zero-order valence-electron chi connectivity index (χ0n) is 5.50. The fourth-order valence-electron chi connectivity index (χ4n) is 0.513. The van der Waals surface area contributed by atoms with E-state index in [1.807, 2.05) is 12.4 Å². The minimum absolute atomic E-state index is 0.220. The Bertz CT molecular complexity index is 179. The van der Waals surface area contributed by atoms with Crippen molar-refractivity contribution in [2.24, 2.45) is 12.3 Å². The van der Waals surface area contributed by atoms with Gasteiger partial charge in [0.05, 0.1) is 0 Å². The maximum atomic E-state index is 4.13. The minimum Gasteiger partial charge on any atom is -0.212 e. The second-order valence-electron chi connectivity index (χ2n) is 2.18. The molecule has 1 rings (SSSR count). The second kappa shape index (κ2) is 3.20. The lowest BCUT2D eigenvalue weighted by Gasteiger charge is -2.03. The predicted molar refractivity (Wildman–Crippen MR) is 47.9 cm³/mol. The van der Waals surface area contributed by atoms with E-state index in [9.17, 15) is 0 Å². The molecule has 0 fully saturated rings. The van der Waals surface area contributed by atoms with Crippen LogP contribution in [0.15, 0.2) is 18.1 Å². The van der Waals surface area contributed by atoms with E-state index < -0.39 is 0 Å². The SMILES string of the molecule is CC(C)C1=CN=IN=C1. The highest BCUT2D eigenvalue weighted by Crippen LogP contribution is 2.15. The van der Waals surface area contributed by atoms with Gasteiger partial charge in [-0.15, -0.1) is 0 Å². The van der Waals surface area contributed by atoms with E-state index in [2.05, 4.69) is 20.2 Å². The van der Waals surface area contributed by atoms with Gasteiger partial charge in [0.2, 0.25) is 0 Å². The first-order chi connectivity index (χ1) is 4.30. The molecule has 3 heteroatoms. The van der Waals surface area contributed by atoms with Crippen LogP contribution in [0.4, 0.5) is 0 Å². The summed E-state index contributed by atoms with van der Waals surface area (Å²) in [5.74, 6) is 0.571. The van der Waals surface area contributed by atoms with Crippen molar-refractivity contribution in [1.82, 2.24) is 0 Å². The molecule has 1 heterocycles. The smallest absolute Gasteiger partial charge is 0.142 e. The highest BCUT2D eigenvalue weighted by molar-refractivity contribution is 14.1. The van der Waals surface area contributed by atoms with Crippen molar-refractivity contribution in [2.45, 2.75) is 13.8 Å². The number of allylic oxidation sites excluding steroid dienone is 1. The van der Waals surface area contributed by atoms with Gasteiger partial charge < -0.3 is 0 Å². The van der Waals surface area contributed by atoms with Crippen LogP contribution in [-0.2, 0) is 0 Å². The molecule has 0 N–H and O–H groups in total. The Kier molecular flexibility index (Phi) is 2.50. The van der Waals surface area contributed by atoms with E-state index >= 15 is 0 Å². The van der Waals surface area contributed by atoms with Gasteiger partial charge in [0.1, 0.15) is 21.3 Å². The van der Waals surface area contributed by atoms with Gasteiger partial charge >= 0.3 is 0 Å². The molecule has 0 aliphatic carbocycles. The summed E-state index contributed by atoms with van der Waals surface area (Å²) in [5, 5.41) is 0. The van der Waals surface area contributed by atoms with E-state index in [0.717, 1.165) is 0 Å². The summed E-state index contributed by atoms with van der Waals surface area (Å²) in [6.07, 6.45) is 3.90.